The highest BCUT2D eigenvalue weighted by Crippen LogP contribution is 2.49. The van der Waals surface area contributed by atoms with Gasteiger partial charge in [0.2, 0.25) is 5.91 Å². The largest absolute Gasteiger partial charge is 0.493 e. The smallest absolute Gasteiger partial charge is 0.416 e. The number of hydrazine groups is 1. The van der Waals surface area contributed by atoms with Gasteiger partial charge in [-0.3, -0.25) is 19.2 Å². The molecular weight excluding hydrogens is 1240 g/mol. The van der Waals surface area contributed by atoms with Crippen molar-refractivity contribution in [3.05, 3.63) is 114 Å². The minimum absolute atomic E-state index is 0.128. The van der Waals surface area contributed by atoms with Gasteiger partial charge in [0.05, 0.1) is 62.0 Å². The van der Waals surface area contributed by atoms with E-state index in [1.165, 1.54) is 36.2 Å². The fraction of sp³-hybridized carbons (Fsp3) is 0.522. The molecule has 0 aliphatic carbocycles. The minimum Gasteiger partial charge on any atom is -0.493 e. The Bertz CT molecular complexity index is 3410. The lowest BCUT2D eigenvalue weighted by atomic mass is 9.91. The second-order valence-electron chi connectivity index (χ2n) is 27.7. The number of hydrogen-bond donors (Lipinski definition) is 4. The maximum Gasteiger partial charge on any atom is 0.416 e. The maximum atomic E-state index is 15.1. The number of allylic oxidation sites excluding steroid dienone is 1. The fourth-order valence-electron chi connectivity index (χ4n) is 11.1. The average Bonchev–Trinajstić information content (AvgIpc) is 1.58. The molecule has 0 bridgehead atoms. The second kappa shape index (κ2) is 30.2. The number of carbonyl (C=O) groups excluding carboxylic acids is 6. The van der Waals surface area contributed by atoms with E-state index >= 15 is 4.79 Å². The van der Waals surface area contributed by atoms with Gasteiger partial charge in [0, 0.05) is 36.1 Å². The number of carboxylic acid groups (broad SMARTS) is 1. The van der Waals surface area contributed by atoms with Crippen LogP contribution in [0.2, 0.25) is 36.3 Å². The molecule has 0 radical (unpaired) electrons. The first-order chi connectivity index (χ1) is 44.1. The summed E-state index contributed by atoms with van der Waals surface area (Å²) in [6.07, 6.45) is 5.23. The Kier molecular flexibility index (Phi) is 23.6. The van der Waals surface area contributed by atoms with Gasteiger partial charge in [-0.25, -0.2) is 29.6 Å². The lowest BCUT2D eigenvalue weighted by Crippen LogP contribution is -2.59. The third-order valence-electron chi connectivity index (χ3n) is 18.5. The Labute approximate surface area is 555 Å². The van der Waals surface area contributed by atoms with E-state index in [9.17, 15) is 33.9 Å². The number of hydrogen-bond acceptors (Lipinski definition) is 17. The zero-order valence-corrected chi connectivity index (χ0v) is 59.7. The number of unbranched alkanes of at least 4 members (excludes halogenated alkanes) is 2. The van der Waals surface area contributed by atoms with Gasteiger partial charge < -0.3 is 62.9 Å². The van der Waals surface area contributed by atoms with E-state index < -0.39 is 89.0 Å². The van der Waals surface area contributed by atoms with Crippen molar-refractivity contribution in [2.24, 2.45) is 11.8 Å². The second-order valence-corrected chi connectivity index (χ2v) is 37.3. The lowest BCUT2D eigenvalue weighted by Gasteiger charge is -2.45. The summed E-state index contributed by atoms with van der Waals surface area (Å²) in [6, 6.07) is 9.99. The number of anilines is 3. The van der Waals surface area contributed by atoms with Gasteiger partial charge in [0.15, 0.2) is 52.1 Å². The number of carbonyl (C=O) groups is 7. The van der Waals surface area contributed by atoms with Crippen molar-refractivity contribution in [2.75, 3.05) is 49.3 Å². The van der Waals surface area contributed by atoms with Crippen LogP contribution in [-0.4, -0.2) is 144 Å². The van der Waals surface area contributed by atoms with Crippen molar-refractivity contribution >= 4 is 75.4 Å². The molecule has 0 saturated heterocycles. The van der Waals surface area contributed by atoms with Gasteiger partial charge in [0.25, 0.3) is 17.6 Å². The van der Waals surface area contributed by atoms with E-state index in [-0.39, 0.29) is 99.7 Å². The molecule has 7 atom stereocenters. The van der Waals surface area contributed by atoms with Gasteiger partial charge in [-0.2, -0.15) is 0 Å². The summed E-state index contributed by atoms with van der Waals surface area (Å²) in [4.78, 5) is 102. The van der Waals surface area contributed by atoms with Crippen molar-refractivity contribution in [2.45, 2.75) is 188 Å². The normalized spacial score (nSPS) is 19.4. The Morgan fingerprint density at radius 1 is 0.713 bits per heavy atom. The number of benzene rings is 3. The molecule has 4 aliphatic heterocycles. The van der Waals surface area contributed by atoms with Crippen LogP contribution in [0, 0.1) is 11.8 Å². The monoisotopic (exact) mass is 1340 g/mol. The first-order valence-electron chi connectivity index (χ1n) is 32.0. The summed E-state index contributed by atoms with van der Waals surface area (Å²) in [6.45, 7) is 37.3. The Morgan fingerprint density at radius 3 is 1.77 bits per heavy atom. The van der Waals surface area contributed by atoms with E-state index in [1.54, 1.807) is 91.5 Å². The van der Waals surface area contributed by atoms with Crippen LogP contribution in [0.25, 0.3) is 0 Å². The third kappa shape index (κ3) is 16.2. The average molecular weight is 1340 g/mol. The van der Waals surface area contributed by atoms with Gasteiger partial charge >= 0.3 is 18.2 Å². The topological polar surface area (TPSA) is 263 Å². The molecule has 4 aliphatic rings. The zero-order valence-electron chi connectivity index (χ0n) is 57.7. The van der Waals surface area contributed by atoms with Crippen LogP contribution in [0.15, 0.2) is 97.4 Å². The molecule has 512 valence electrons. The lowest BCUT2D eigenvalue weighted by molar-refractivity contribution is -0.154. The highest BCUT2D eigenvalue weighted by atomic mass is 28.4. The Morgan fingerprint density at radius 2 is 1.26 bits per heavy atom. The quantitative estimate of drug-likeness (QED) is 0.0131. The number of rotatable bonds is 28. The molecule has 5 amide bonds. The molecule has 23 nitrogen and oxygen atoms in total. The molecule has 0 fully saturated rings. The number of ketones is 1. The summed E-state index contributed by atoms with van der Waals surface area (Å²) in [7, 11) is -2.46. The number of nitrogens with one attached hydrogen (secondary N) is 3. The van der Waals surface area contributed by atoms with Crippen LogP contribution in [0.4, 0.5) is 26.7 Å². The molecule has 0 spiro atoms. The van der Waals surface area contributed by atoms with Crippen molar-refractivity contribution in [3.63, 3.8) is 0 Å². The summed E-state index contributed by atoms with van der Waals surface area (Å²) in [5.41, 5.74) is 9.57. The molecule has 4 N–H and O–H groups in total. The van der Waals surface area contributed by atoms with Gasteiger partial charge in [-0.15, -0.1) is 6.58 Å². The van der Waals surface area contributed by atoms with E-state index in [0.717, 1.165) is 11.1 Å². The Balaban J connectivity index is 1.08. The van der Waals surface area contributed by atoms with E-state index in [0.29, 0.717) is 43.4 Å². The molecular formula is C69H97N7O16Si2. The third-order valence-corrected chi connectivity index (χ3v) is 27.4. The number of ether oxygens (including phenoxy) is 6. The molecule has 0 saturated carbocycles. The molecule has 7 rings (SSSR count). The summed E-state index contributed by atoms with van der Waals surface area (Å²) in [5, 5.41) is 13.2. The fourth-order valence-corrected chi connectivity index (χ4v) is 13.5. The van der Waals surface area contributed by atoms with Gasteiger partial charge in [-0.05, 0) is 125 Å². The number of Topliss-reactive ketones (excluding diaryl/α,β-unsaturated/α-hetero) is 1. The predicted molar refractivity (Wildman–Crippen MR) is 364 cm³/mol. The number of esters is 1. The molecule has 3 aromatic rings. The molecule has 25 heteroatoms. The molecule has 5 unspecified atom stereocenters. The molecule has 3 aromatic carbocycles. The zero-order chi connectivity index (χ0) is 69.5. The van der Waals surface area contributed by atoms with Gasteiger partial charge in [-0.1, -0.05) is 97.4 Å². The van der Waals surface area contributed by atoms with Crippen LogP contribution >= 0.6 is 0 Å². The molecule has 4 heterocycles. The van der Waals surface area contributed by atoms with Crippen molar-refractivity contribution in [1.82, 2.24) is 20.5 Å². The summed E-state index contributed by atoms with van der Waals surface area (Å²) in [5.74, 6) is -2.82. The predicted octanol–water partition coefficient (Wildman–Crippen LogP) is 12.5. The number of fused-ring (bicyclic) bond motifs is 4. The van der Waals surface area contributed by atoms with Crippen molar-refractivity contribution in [1.29, 1.82) is 0 Å². The number of nitrogens with zero attached hydrogens (tertiary/aromatic N) is 4. The summed E-state index contributed by atoms with van der Waals surface area (Å²) >= 11 is 0. The highest BCUT2D eigenvalue weighted by molar-refractivity contribution is 6.74. The van der Waals surface area contributed by atoms with E-state index in [4.69, 9.17) is 37.3 Å². The van der Waals surface area contributed by atoms with Crippen LogP contribution in [-0.2, 0) is 39.3 Å². The van der Waals surface area contributed by atoms with Crippen LogP contribution in [0.5, 0.6) is 23.0 Å². The first-order valence-corrected chi connectivity index (χ1v) is 37.8. The SMILES string of the molecule is C=CCOC(=O)C(=O)C(NC(=O)C(C)NNc1ccc(COC(=O)N2c3cc(OCCCCCOc4cc5c(cc4OC)C(=O)N4C=C(C)C(CC=C)C4[C@H](O[Si](C)(C)C(C)(C)C)N5C(=O)O)c(OC)cc3C(=O)N3C=C(C)CC3[C@@H]2O[Si](C)(C)C(C)(C)C)cc1)C(C)C. The first kappa shape index (κ1) is 73.4. The number of amides is 5. The van der Waals surface area contributed by atoms with Crippen LogP contribution in [0.1, 0.15) is 135 Å². The molecule has 94 heavy (non-hydrogen) atoms. The van der Waals surface area contributed by atoms with Gasteiger partial charge in [0.1, 0.15) is 25.3 Å². The standard InChI is InChI=1S/C69H97N7O16Si2/c1-20-25-47-43(6)39-74-58(47)64(92-94(18,19)69(11,12)13)75(66(82)83)50-36-55(53(85-14)34-48(50)62(74)80)87-31-23-22-24-32-88-56-37-51-49(35-54(56)86-15)61(79)73-38-42(5)33-52(73)63(91-93(16,17)68(8,9)10)76(51)67(84)90-40-45-26-28-46(29-27-45)72-71-44(7)60(78)70-57(41(3)4)59(77)65(81)89-30-21-2/h20-21,26-29,34-39,41,44,47,52,57-58,63-64,71-72H,1-2,22-25,30-33,40H2,3-19H3,(H,70,78)(H,82,83)/t44?,47?,52?,57?,58?,63-,64-/m0/s1. The van der Waals surface area contributed by atoms with Crippen molar-refractivity contribution in [3.8, 4) is 23.0 Å². The van der Waals surface area contributed by atoms with Crippen LogP contribution < -0.4 is 44.9 Å². The number of methoxy groups -OCH3 is 2. The maximum absolute atomic E-state index is 15.1. The minimum atomic E-state index is -2.72. The highest BCUT2D eigenvalue weighted by Gasteiger charge is 2.54. The summed E-state index contributed by atoms with van der Waals surface area (Å²) < 4.78 is 49.9. The van der Waals surface area contributed by atoms with E-state index in [2.05, 4.69) is 97.1 Å². The molecule has 0 aromatic heterocycles. The van der Waals surface area contributed by atoms with Crippen LogP contribution in [0.3, 0.4) is 0 Å². The Hall–Kier alpha value is -7.98. The van der Waals surface area contributed by atoms with Crippen molar-refractivity contribution < 1.29 is 75.9 Å². The van der Waals surface area contributed by atoms with E-state index in [1.807, 2.05) is 13.8 Å².